The number of pyridine rings is 1. The van der Waals surface area contributed by atoms with Gasteiger partial charge in [-0.3, -0.25) is 0 Å². The molecule has 1 aromatic carbocycles. The predicted octanol–water partition coefficient (Wildman–Crippen LogP) is 3.34. The molecule has 0 unspecified atom stereocenters. The van der Waals surface area contributed by atoms with E-state index in [1.807, 2.05) is 25.1 Å². The lowest BCUT2D eigenvalue weighted by Gasteiger charge is -2.09. The van der Waals surface area contributed by atoms with Crippen LogP contribution in [0.3, 0.4) is 0 Å². The second kappa shape index (κ2) is 3.70. The topological polar surface area (TPSA) is 38.9 Å². The van der Waals surface area contributed by atoms with Crippen molar-refractivity contribution in [3.05, 3.63) is 34.5 Å². The first-order chi connectivity index (χ1) is 7.13. The molecule has 78 valence electrons. The number of nitrogens with zero attached hydrogens (tertiary/aromatic N) is 1. The molecule has 2 rings (SSSR count). The zero-order valence-corrected chi connectivity index (χ0v) is 9.60. The molecule has 0 radical (unpaired) electrons. The lowest BCUT2D eigenvalue weighted by molar-refractivity contribution is 1.06. The number of nitrogens with two attached hydrogens (primary N) is 1. The first-order valence-electron chi connectivity index (χ1n) is 4.97. The summed E-state index contributed by atoms with van der Waals surface area (Å²) in [7, 11) is 0. The predicted molar refractivity (Wildman–Crippen MR) is 65.3 cm³/mol. The summed E-state index contributed by atoms with van der Waals surface area (Å²) in [6.45, 7) is 4.05. The average Bonchev–Trinajstić information content (AvgIpc) is 2.22. The minimum Gasteiger partial charge on any atom is -0.384 e. The number of halogens is 1. The molecule has 1 heterocycles. The Morgan fingerprint density at radius 1 is 1.40 bits per heavy atom. The molecule has 0 atom stereocenters. The second-order valence-corrected chi connectivity index (χ2v) is 4.02. The van der Waals surface area contributed by atoms with Gasteiger partial charge in [-0.15, -0.1) is 0 Å². The van der Waals surface area contributed by atoms with Gasteiger partial charge in [-0.1, -0.05) is 30.7 Å². The van der Waals surface area contributed by atoms with Crippen LogP contribution in [0, 0.1) is 6.92 Å². The summed E-state index contributed by atoms with van der Waals surface area (Å²) in [5.41, 5.74) is 7.78. The molecule has 2 aromatic rings. The minimum absolute atomic E-state index is 0.555. The van der Waals surface area contributed by atoms with E-state index in [4.69, 9.17) is 17.3 Å². The SMILES string of the molecule is CCc1nc(N)cc2ccc(C)c(Cl)c12. The van der Waals surface area contributed by atoms with Crippen molar-refractivity contribution < 1.29 is 0 Å². The standard InChI is InChI=1S/C12H13ClN2/c1-3-9-11-8(6-10(14)15-9)5-4-7(2)12(11)13/h4-6H,3H2,1-2H3,(H2,14,15). The van der Waals surface area contributed by atoms with E-state index in [9.17, 15) is 0 Å². The average molecular weight is 221 g/mol. The maximum absolute atomic E-state index is 6.28. The Bertz CT molecular complexity index is 521. The van der Waals surface area contributed by atoms with Crippen LogP contribution in [-0.2, 0) is 6.42 Å². The number of aryl methyl sites for hydroxylation is 2. The van der Waals surface area contributed by atoms with Crippen LogP contribution in [-0.4, -0.2) is 4.98 Å². The molecule has 1 aromatic heterocycles. The molecule has 2 N–H and O–H groups in total. The molecule has 0 aliphatic carbocycles. The number of anilines is 1. The molecule has 0 aliphatic rings. The van der Waals surface area contributed by atoms with E-state index in [2.05, 4.69) is 11.9 Å². The Balaban J connectivity index is 2.91. The largest absolute Gasteiger partial charge is 0.384 e. The van der Waals surface area contributed by atoms with Gasteiger partial charge in [0.15, 0.2) is 0 Å². The molecule has 0 amide bonds. The van der Waals surface area contributed by atoms with E-state index in [1.165, 1.54) is 0 Å². The van der Waals surface area contributed by atoms with E-state index < -0.39 is 0 Å². The van der Waals surface area contributed by atoms with Crippen molar-refractivity contribution in [1.29, 1.82) is 0 Å². The van der Waals surface area contributed by atoms with Crippen molar-refractivity contribution in [3.63, 3.8) is 0 Å². The van der Waals surface area contributed by atoms with Crippen molar-refractivity contribution in [3.8, 4) is 0 Å². The lowest BCUT2D eigenvalue weighted by Crippen LogP contribution is -1.97. The third kappa shape index (κ3) is 1.65. The highest BCUT2D eigenvalue weighted by molar-refractivity contribution is 6.36. The fourth-order valence-corrected chi connectivity index (χ4v) is 2.05. The third-order valence-corrected chi connectivity index (χ3v) is 3.05. The number of hydrogen-bond acceptors (Lipinski definition) is 2. The zero-order valence-electron chi connectivity index (χ0n) is 8.84. The van der Waals surface area contributed by atoms with Gasteiger partial charge in [0.1, 0.15) is 5.82 Å². The monoisotopic (exact) mass is 220 g/mol. The maximum Gasteiger partial charge on any atom is 0.124 e. The number of hydrogen-bond donors (Lipinski definition) is 1. The second-order valence-electron chi connectivity index (χ2n) is 3.64. The Labute approximate surface area is 94.1 Å². The van der Waals surface area contributed by atoms with Crippen LogP contribution in [0.2, 0.25) is 5.02 Å². The highest BCUT2D eigenvalue weighted by atomic mass is 35.5. The van der Waals surface area contributed by atoms with Gasteiger partial charge in [-0.2, -0.15) is 0 Å². The van der Waals surface area contributed by atoms with E-state index in [0.717, 1.165) is 33.5 Å². The zero-order chi connectivity index (χ0) is 11.0. The van der Waals surface area contributed by atoms with Crippen LogP contribution in [0.25, 0.3) is 10.8 Å². The first kappa shape index (κ1) is 10.2. The Hall–Kier alpha value is -1.28. The van der Waals surface area contributed by atoms with E-state index in [-0.39, 0.29) is 0 Å². The molecule has 2 nitrogen and oxygen atoms in total. The Kier molecular flexibility index (Phi) is 2.53. The van der Waals surface area contributed by atoms with Gasteiger partial charge in [-0.05, 0) is 30.4 Å². The van der Waals surface area contributed by atoms with Crippen LogP contribution < -0.4 is 5.73 Å². The molecule has 15 heavy (non-hydrogen) atoms. The molecule has 0 bridgehead atoms. The van der Waals surface area contributed by atoms with Crippen LogP contribution in [0.1, 0.15) is 18.2 Å². The molecule has 0 saturated heterocycles. The summed E-state index contributed by atoms with van der Waals surface area (Å²) in [4.78, 5) is 4.32. The Morgan fingerprint density at radius 2 is 2.13 bits per heavy atom. The van der Waals surface area contributed by atoms with Crippen LogP contribution in [0.5, 0.6) is 0 Å². The van der Waals surface area contributed by atoms with Crippen molar-refractivity contribution in [2.24, 2.45) is 0 Å². The first-order valence-corrected chi connectivity index (χ1v) is 5.35. The quantitative estimate of drug-likeness (QED) is 0.801. The summed E-state index contributed by atoms with van der Waals surface area (Å²) in [5, 5.41) is 2.89. The van der Waals surface area contributed by atoms with Gasteiger partial charge < -0.3 is 5.73 Å². The molecule has 0 spiro atoms. The van der Waals surface area contributed by atoms with E-state index in [1.54, 1.807) is 0 Å². The van der Waals surface area contributed by atoms with Crippen molar-refractivity contribution >= 4 is 28.2 Å². The number of fused-ring (bicyclic) bond motifs is 1. The van der Waals surface area contributed by atoms with Crippen molar-refractivity contribution in [1.82, 2.24) is 4.98 Å². The van der Waals surface area contributed by atoms with Gasteiger partial charge in [0.2, 0.25) is 0 Å². The molecule has 3 heteroatoms. The third-order valence-electron chi connectivity index (χ3n) is 2.56. The van der Waals surface area contributed by atoms with Gasteiger partial charge in [0, 0.05) is 5.39 Å². The number of benzene rings is 1. The van der Waals surface area contributed by atoms with Crippen LogP contribution >= 0.6 is 11.6 Å². The highest BCUT2D eigenvalue weighted by Crippen LogP contribution is 2.30. The van der Waals surface area contributed by atoms with Gasteiger partial charge in [-0.25, -0.2) is 4.98 Å². The number of nitrogen functional groups attached to an aromatic ring is 1. The summed E-state index contributed by atoms with van der Waals surface area (Å²) in [5.74, 6) is 0.555. The van der Waals surface area contributed by atoms with Gasteiger partial charge >= 0.3 is 0 Å². The summed E-state index contributed by atoms with van der Waals surface area (Å²) < 4.78 is 0. The summed E-state index contributed by atoms with van der Waals surface area (Å²) in [6, 6.07) is 5.90. The fourth-order valence-electron chi connectivity index (χ4n) is 1.77. The van der Waals surface area contributed by atoms with Crippen LogP contribution in [0.15, 0.2) is 18.2 Å². The van der Waals surface area contributed by atoms with Gasteiger partial charge in [0.25, 0.3) is 0 Å². The number of rotatable bonds is 1. The van der Waals surface area contributed by atoms with Crippen LogP contribution in [0.4, 0.5) is 5.82 Å². The minimum atomic E-state index is 0.555. The molecule has 0 saturated carbocycles. The maximum atomic E-state index is 6.28. The summed E-state index contributed by atoms with van der Waals surface area (Å²) in [6.07, 6.45) is 0.838. The van der Waals surface area contributed by atoms with E-state index >= 15 is 0 Å². The van der Waals surface area contributed by atoms with Crippen molar-refractivity contribution in [2.45, 2.75) is 20.3 Å². The Morgan fingerprint density at radius 3 is 2.80 bits per heavy atom. The highest BCUT2D eigenvalue weighted by Gasteiger charge is 2.08. The van der Waals surface area contributed by atoms with Gasteiger partial charge in [0.05, 0.1) is 10.7 Å². The fraction of sp³-hybridized carbons (Fsp3) is 0.250. The molecular weight excluding hydrogens is 208 g/mol. The lowest BCUT2D eigenvalue weighted by atomic mass is 10.1. The smallest absolute Gasteiger partial charge is 0.124 e. The van der Waals surface area contributed by atoms with Crippen molar-refractivity contribution in [2.75, 3.05) is 5.73 Å². The normalized spacial score (nSPS) is 10.9. The number of aromatic nitrogens is 1. The molecule has 0 aliphatic heterocycles. The molecule has 0 fully saturated rings. The van der Waals surface area contributed by atoms with E-state index in [0.29, 0.717) is 5.82 Å². The molecular formula is C12H13ClN2. The summed E-state index contributed by atoms with van der Waals surface area (Å²) >= 11 is 6.28.